The van der Waals surface area contributed by atoms with Crippen molar-refractivity contribution in [3.8, 4) is 17.2 Å². The Hall–Kier alpha value is -4.60. The number of ether oxygens (including phenoxy) is 3. The summed E-state index contributed by atoms with van der Waals surface area (Å²) in [7, 11) is 1.46. The highest BCUT2D eigenvalue weighted by molar-refractivity contribution is 9.10. The topological polar surface area (TPSA) is 94.2 Å². The maximum absolute atomic E-state index is 13.4. The number of barbiturate groups is 1. The highest BCUT2D eigenvalue weighted by atomic mass is 79.9. The van der Waals surface area contributed by atoms with Crippen LogP contribution in [0.1, 0.15) is 16.7 Å². The van der Waals surface area contributed by atoms with E-state index < -0.39 is 17.8 Å². The summed E-state index contributed by atoms with van der Waals surface area (Å²) in [4.78, 5) is 39.7. The highest BCUT2D eigenvalue weighted by Crippen LogP contribution is 2.38. The van der Waals surface area contributed by atoms with Crippen LogP contribution < -0.4 is 24.4 Å². The number of hydrogen-bond acceptors (Lipinski definition) is 6. The molecule has 0 unspecified atom stereocenters. The molecule has 0 aliphatic carbocycles. The normalized spacial score (nSPS) is 14.1. The summed E-state index contributed by atoms with van der Waals surface area (Å²) < 4.78 is 18.1. The van der Waals surface area contributed by atoms with Crippen molar-refractivity contribution in [2.24, 2.45) is 0 Å². The van der Waals surface area contributed by atoms with Gasteiger partial charge in [0.2, 0.25) is 0 Å². The molecule has 4 aromatic carbocycles. The summed E-state index contributed by atoms with van der Waals surface area (Å²) in [6.45, 7) is 0.594. The van der Waals surface area contributed by atoms with Gasteiger partial charge >= 0.3 is 6.03 Å². The number of methoxy groups -OCH3 is 1. The average molecular weight is 648 g/mol. The predicted octanol–water partition coefficient (Wildman–Crippen LogP) is 6.94. The highest BCUT2D eigenvalue weighted by Gasteiger charge is 2.37. The summed E-state index contributed by atoms with van der Waals surface area (Å²) >= 11 is 10.0. The Bertz CT molecular complexity index is 1670. The number of halogens is 2. The van der Waals surface area contributed by atoms with E-state index in [1.54, 1.807) is 36.4 Å². The van der Waals surface area contributed by atoms with Gasteiger partial charge in [0.1, 0.15) is 24.5 Å². The zero-order chi connectivity index (χ0) is 29.6. The Balaban J connectivity index is 1.35. The van der Waals surface area contributed by atoms with Crippen LogP contribution in [0.4, 0.5) is 10.5 Å². The van der Waals surface area contributed by atoms with E-state index in [4.69, 9.17) is 25.8 Å². The molecule has 4 aromatic rings. The van der Waals surface area contributed by atoms with Crippen LogP contribution in [-0.2, 0) is 22.8 Å². The molecule has 0 atom stereocenters. The Labute approximate surface area is 255 Å². The molecule has 212 valence electrons. The van der Waals surface area contributed by atoms with E-state index in [0.29, 0.717) is 29.4 Å². The molecule has 0 aromatic heterocycles. The van der Waals surface area contributed by atoms with Crippen molar-refractivity contribution in [3.05, 3.63) is 123 Å². The number of nitrogens with zero attached hydrogens (tertiary/aromatic N) is 1. The monoisotopic (exact) mass is 646 g/mol. The van der Waals surface area contributed by atoms with Crippen molar-refractivity contribution in [2.75, 3.05) is 12.0 Å². The second kappa shape index (κ2) is 12.9. The fraction of sp³-hybridized carbons (Fsp3) is 0.0938. The number of imide groups is 2. The van der Waals surface area contributed by atoms with Gasteiger partial charge in [-0.05, 0) is 59.7 Å². The van der Waals surface area contributed by atoms with Crippen LogP contribution >= 0.6 is 27.5 Å². The molecule has 8 nitrogen and oxygen atoms in total. The molecule has 42 heavy (non-hydrogen) atoms. The van der Waals surface area contributed by atoms with E-state index in [1.807, 2.05) is 54.6 Å². The van der Waals surface area contributed by atoms with Gasteiger partial charge in [-0.3, -0.25) is 14.9 Å². The van der Waals surface area contributed by atoms with Crippen molar-refractivity contribution in [2.45, 2.75) is 13.2 Å². The molecular formula is C32H24BrClN2O6. The SMILES string of the molecule is COc1cc(/C=C2\C(=O)NC(=O)N(c3ccc(OCc4ccccc4)cc3)C2=O)cc(Cl)c1OCc1ccccc1Br. The van der Waals surface area contributed by atoms with Crippen molar-refractivity contribution in [1.29, 1.82) is 0 Å². The number of anilines is 1. The zero-order valence-corrected chi connectivity index (χ0v) is 24.6. The standard InChI is InChI=1S/C32H24BrClN2O6/c1-40-28-17-21(16-27(34)29(28)42-19-22-9-5-6-10-26(22)33)15-25-30(37)35-32(39)36(31(25)38)23-11-13-24(14-12-23)41-18-20-7-3-2-4-8-20/h2-17H,18-19H2,1H3,(H,35,37,39)/b25-15+. The summed E-state index contributed by atoms with van der Waals surface area (Å²) in [6.07, 6.45) is 1.35. The number of rotatable bonds is 9. The van der Waals surface area contributed by atoms with Crippen LogP contribution in [0, 0.1) is 0 Å². The molecule has 0 saturated carbocycles. The molecular weight excluding hydrogens is 624 g/mol. The summed E-state index contributed by atoms with van der Waals surface area (Å²) in [5.74, 6) is -0.436. The third-order valence-corrected chi connectivity index (χ3v) is 7.39. The van der Waals surface area contributed by atoms with Gasteiger partial charge in [0.05, 0.1) is 17.8 Å². The molecule has 1 saturated heterocycles. The number of urea groups is 1. The molecule has 4 amide bonds. The third-order valence-electron chi connectivity index (χ3n) is 6.34. The fourth-order valence-corrected chi connectivity index (χ4v) is 4.89. The molecule has 1 aliphatic heterocycles. The van der Waals surface area contributed by atoms with E-state index in [9.17, 15) is 14.4 Å². The molecule has 1 heterocycles. The second-order valence-electron chi connectivity index (χ2n) is 9.14. The fourth-order valence-electron chi connectivity index (χ4n) is 4.22. The summed E-state index contributed by atoms with van der Waals surface area (Å²) in [6, 6.07) is 26.0. The van der Waals surface area contributed by atoms with Crippen molar-refractivity contribution < 1.29 is 28.6 Å². The van der Waals surface area contributed by atoms with Gasteiger partial charge in [-0.25, -0.2) is 9.69 Å². The minimum Gasteiger partial charge on any atom is -0.493 e. The van der Waals surface area contributed by atoms with Crippen molar-refractivity contribution in [1.82, 2.24) is 5.32 Å². The predicted molar refractivity (Wildman–Crippen MR) is 163 cm³/mol. The van der Waals surface area contributed by atoms with E-state index in [1.165, 1.54) is 13.2 Å². The smallest absolute Gasteiger partial charge is 0.335 e. The first-order valence-corrected chi connectivity index (χ1v) is 13.9. The Kier molecular flexibility index (Phi) is 8.90. The maximum Gasteiger partial charge on any atom is 0.335 e. The third kappa shape index (κ3) is 6.48. The molecule has 1 N–H and O–H groups in total. The second-order valence-corrected chi connectivity index (χ2v) is 10.4. The van der Waals surface area contributed by atoms with Gasteiger partial charge in [0, 0.05) is 10.0 Å². The molecule has 5 rings (SSSR count). The lowest BCUT2D eigenvalue weighted by Crippen LogP contribution is -2.54. The molecule has 1 fully saturated rings. The van der Waals surface area contributed by atoms with Crippen LogP contribution in [0.15, 0.2) is 101 Å². The lowest BCUT2D eigenvalue weighted by molar-refractivity contribution is -0.122. The average Bonchev–Trinajstić information content (AvgIpc) is 2.99. The first kappa shape index (κ1) is 28.9. The molecule has 10 heteroatoms. The first-order chi connectivity index (χ1) is 20.3. The number of hydrogen-bond donors (Lipinski definition) is 1. The number of amides is 4. The van der Waals surface area contributed by atoms with Crippen molar-refractivity contribution in [3.63, 3.8) is 0 Å². The quantitative estimate of drug-likeness (QED) is 0.156. The van der Waals surface area contributed by atoms with Crippen LogP contribution in [0.3, 0.4) is 0 Å². The Morgan fingerprint density at radius 1 is 0.881 bits per heavy atom. The Morgan fingerprint density at radius 3 is 2.31 bits per heavy atom. The lowest BCUT2D eigenvalue weighted by atomic mass is 10.1. The first-order valence-electron chi connectivity index (χ1n) is 12.8. The maximum atomic E-state index is 13.4. The van der Waals surface area contributed by atoms with Crippen LogP contribution in [0.5, 0.6) is 17.2 Å². The summed E-state index contributed by atoms with van der Waals surface area (Å²) in [5.41, 5.74) is 2.34. The molecule has 1 aliphatic rings. The van der Waals surface area contributed by atoms with E-state index in [2.05, 4.69) is 21.2 Å². The van der Waals surface area contributed by atoms with E-state index >= 15 is 0 Å². The largest absolute Gasteiger partial charge is 0.493 e. The minimum absolute atomic E-state index is 0.218. The van der Waals surface area contributed by atoms with Gasteiger partial charge in [0.15, 0.2) is 11.5 Å². The van der Waals surface area contributed by atoms with Gasteiger partial charge in [0.25, 0.3) is 11.8 Å². The molecule has 0 spiro atoms. The van der Waals surface area contributed by atoms with E-state index in [0.717, 1.165) is 20.5 Å². The van der Waals surface area contributed by atoms with Crippen LogP contribution in [0.25, 0.3) is 6.08 Å². The number of carbonyl (C=O) groups excluding carboxylic acids is 3. The van der Waals surface area contributed by atoms with Gasteiger partial charge in [-0.15, -0.1) is 0 Å². The van der Waals surface area contributed by atoms with Gasteiger partial charge in [-0.2, -0.15) is 0 Å². The number of carbonyl (C=O) groups is 3. The number of benzene rings is 4. The zero-order valence-electron chi connectivity index (χ0n) is 22.3. The van der Waals surface area contributed by atoms with Crippen LogP contribution in [0.2, 0.25) is 5.02 Å². The molecule has 0 bridgehead atoms. The van der Waals surface area contributed by atoms with Crippen molar-refractivity contribution >= 4 is 57.1 Å². The number of nitrogens with one attached hydrogen (secondary N) is 1. The minimum atomic E-state index is -0.855. The van der Waals surface area contributed by atoms with Gasteiger partial charge in [-0.1, -0.05) is 76.1 Å². The summed E-state index contributed by atoms with van der Waals surface area (Å²) in [5, 5.41) is 2.44. The van der Waals surface area contributed by atoms with E-state index in [-0.39, 0.29) is 22.9 Å². The lowest BCUT2D eigenvalue weighted by Gasteiger charge is -2.26. The Morgan fingerprint density at radius 2 is 1.60 bits per heavy atom. The van der Waals surface area contributed by atoms with Crippen LogP contribution in [-0.4, -0.2) is 25.0 Å². The van der Waals surface area contributed by atoms with Gasteiger partial charge < -0.3 is 14.2 Å². The molecule has 0 radical (unpaired) electrons.